The number of rotatable bonds is 10. The molecule has 1 heterocycles. The van der Waals surface area contributed by atoms with E-state index in [0.717, 1.165) is 6.42 Å². The summed E-state index contributed by atoms with van der Waals surface area (Å²) in [5, 5.41) is 10.4. The van der Waals surface area contributed by atoms with Gasteiger partial charge in [-0.2, -0.15) is 0 Å². The Morgan fingerprint density at radius 2 is 1.40 bits per heavy atom. The third kappa shape index (κ3) is 5.73. The molecule has 0 spiro atoms. The minimum absolute atomic E-state index is 0.176. The molecular formula is C18H36O2. The summed E-state index contributed by atoms with van der Waals surface area (Å²) < 4.78 is 5.83. The topological polar surface area (TPSA) is 29.5 Å². The largest absolute Gasteiger partial charge is 0.393 e. The van der Waals surface area contributed by atoms with Crippen LogP contribution in [0, 0.1) is 11.8 Å². The predicted molar refractivity (Wildman–Crippen MR) is 85.9 cm³/mol. The second-order valence-electron chi connectivity index (χ2n) is 6.81. The first kappa shape index (κ1) is 18.0. The van der Waals surface area contributed by atoms with Gasteiger partial charge in [-0.15, -0.1) is 0 Å². The van der Waals surface area contributed by atoms with E-state index < -0.39 is 0 Å². The predicted octanol–water partition coefficient (Wildman–Crippen LogP) is 4.94. The molecule has 0 saturated carbocycles. The quantitative estimate of drug-likeness (QED) is 0.576. The van der Waals surface area contributed by atoms with Gasteiger partial charge in [0, 0.05) is 5.92 Å². The van der Waals surface area contributed by atoms with Crippen LogP contribution in [0.3, 0.4) is 0 Å². The maximum atomic E-state index is 10.4. The average molecular weight is 284 g/mol. The zero-order valence-electron chi connectivity index (χ0n) is 14.1. The van der Waals surface area contributed by atoms with Gasteiger partial charge in [-0.25, -0.2) is 0 Å². The molecule has 1 aliphatic rings. The standard InChI is InChI=1S/C18H36O2/c1-5-6-7-8-9-10-11-12-13-17(19)18-14(2)15(3)20-16(18)4/h14-19H,5-13H2,1-4H3. The van der Waals surface area contributed by atoms with Gasteiger partial charge in [0.2, 0.25) is 0 Å². The summed E-state index contributed by atoms with van der Waals surface area (Å²) in [6.07, 6.45) is 11.9. The van der Waals surface area contributed by atoms with Crippen molar-refractivity contribution in [1.29, 1.82) is 0 Å². The zero-order chi connectivity index (χ0) is 15.0. The highest BCUT2D eigenvalue weighted by atomic mass is 16.5. The highest BCUT2D eigenvalue weighted by Gasteiger charge is 2.40. The molecule has 0 amide bonds. The minimum Gasteiger partial charge on any atom is -0.393 e. The zero-order valence-corrected chi connectivity index (χ0v) is 14.1. The Morgan fingerprint density at radius 3 is 1.90 bits per heavy atom. The molecule has 1 saturated heterocycles. The van der Waals surface area contributed by atoms with Crippen LogP contribution >= 0.6 is 0 Å². The van der Waals surface area contributed by atoms with Crippen molar-refractivity contribution in [3.63, 3.8) is 0 Å². The van der Waals surface area contributed by atoms with Crippen molar-refractivity contribution in [2.45, 2.75) is 104 Å². The molecule has 20 heavy (non-hydrogen) atoms. The van der Waals surface area contributed by atoms with Crippen LogP contribution in [-0.4, -0.2) is 23.4 Å². The fourth-order valence-corrected chi connectivity index (χ4v) is 3.64. The Hall–Kier alpha value is -0.0800. The molecule has 0 aromatic rings. The van der Waals surface area contributed by atoms with Gasteiger partial charge in [-0.3, -0.25) is 0 Å². The Balaban J connectivity index is 2.07. The molecule has 0 bridgehead atoms. The van der Waals surface area contributed by atoms with Gasteiger partial charge >= 0.3 is 0 Å². The highest BCUT2D eigenvalue weighted by molar-refractivity contribution is 4.88. The molecule has 1 aliphatic heterocycles. The van der Waals surface area contributed by atoms with Crippen LogP contribution in [0.5, 0.6) is 0 Å². The smallest absolute Gasteiger partial charge is 0.0607 e. The molecule has 5 unspecified atom stereocenters. The lowest BCUT2D eigenvalue weighted by Crippen LogP contribution is -2.30. The van der Waals surface area contributed by atoms with Gasteiger partial charge < -0.3 is 9.84 Å². The van der Waals surface area contributed by atoms with Crippen LogP contribution in [-0.2, 0) is 4.74 Å². The Morgan fingerprint density at radius 1 is 0.850 bits per heavy atom. The van der Waals surface area contributed by atoms with Crippen LogP contribution in [0.4, 0.5) is 0 Å². The summed E-state index contributed by atoms with van der Waals surface area (Å²) in [7, 11) is 0. The summed E-state index contributed by atoms with van der Waals surface area (Å²) in [4.78, 5) is 0. The maximum absolute atomic E-state index is 10.4. The fraction of sp³-hybridized carbons (Fsp3) is 1.00. The molecule has 1 N–H and O–H groups in total. The first-order valence-corrected chi connectivity index (χ1v) is 8.91. The lowest BCUT2D eigenvalue weighted by atomic mass is 9.83. The molecule has 0 aromatic heterocycles. The van der Waals surface area contributed by atoms with Gasteiger partial charge in [-0.1, -0.05) is 65.2 Å². The molecule has 120 valence electrons. The highest BCUT2D eigenvalue weighted by Crippen LogP contribution is 2.35. The Kier molecular flexibility index (Phi) is 8.79. The normalized spacial score (nSPS) is 31.6. The summed E-state index contributed by atoms with van der Waals surface area (Å²) in [6, 6.07) is 0. The molecular weight excluding hydrogens is 248 g/mol. The number of ether oxygens (including phenoxy) is 1. The number of aliphatic hydroxyl groups is 1. The summed E-state index contributed by atoms with van der Waals surface area (Å²) >= 11 is 0. The second kappa shape index (κ2) is 9.78. The molecule has 0 aromatic carbocycles. The number of aliphatic hydroxyl groups excluding tert-OH is 1. The van der Waals surface area contributed by atoms with Crippen molar-refractivity contribution in [2.75, 3.05) is 0 Å². The van der Waals surface area contributed by atoms with E-state index in [9.17, 15) is 5.11 Å². The van der Waals surface area contributed by atoms with Crippen LogP contribution in [0.1, 0.15) is 85.5 Å². The average Bonchev–Trinajstić information content (AvgIpc) is 2.66. The van der Waals surface area contributed by atoms with E-state index in [2.05, 4.69) is 27.7 Å². The SMILES string of the molecule is CCCCCCCCCCC(O)C1C(C)OC(C)C1C. The molecule has 0 aliphatic carbocycles. The van der Waals surface area contributed by atoms with E-state index in [1.807, 2.05) is 0 Å². The number of hydrogen-bond donors (Lipinski definition) is 1. The van der Waals surface area contributed by atoms with Gasteiger partial charge in [0.25, 0.3) is 0 Å². The molecule has 2 heteroatoms. The van der Waals surface area contributed by atoms with Crippen molar-refractivity contribution in [3.05, 3.63) is 0 Å². The van der Waals surface area contributed by atoms with Crippen LogP contribution < -0.4 is 0 Å². The van der Waals surface area contributed by atoms with Crippen molar-refractivity contribution in [1.82, 2.24) is 0 Å². The van der Waals surface area contributed by atoms with Gasteiger partial charge in [0.15, 0.2) is 0 Å². The molecule has 1 rings (SSSR count). The first-order valence-electron chi connectivity index (χ1n) is 8.91. The van der Waals surface area contributed by atoms with Crippen molar-refractivity contribution >= 4 is 0 Å². The van der Waals surface area contributed by atoms with E-state index >= 15 is 0 Å². The van der Waals surface area contributed by atoms with E-state index in [0.29, 0.717) is 17.9 Å². The van der Waals surface area contributed by atoms with Crippen molar-refractivity contribution in [3.8, 4) is 0 Å². The van der Waals surface area contributed by atoms with Crippen LogP contribution in [0.2, 0.25) is 0 Å². The summed E-state index contributed by atoms with van der Waals surface area (Å²) in [6.45, 7) is 8.72. The number of hydrogen-bond acceptors (Lipinski definition) is 2. The third-order valence-electron chi connectivity index (χ3n) is 5.12. The monoisotopic (exact) mass is 284 g/mol. The van der Waals surface area contributed by atoms with Crippen LogP contribution in [0.25, 0.3) is 0 Å². The molecule has 5 atom stereocenters. The van der Waals surface area contributed by atoms with Crippen LogP contribution in [0.15, 0.2) is 0 Å². The van der Waals surface area contributed by atoms with Gasteiger partial charge in [-0.05, 0) is 26.2 Å². The molecule has 1 fully saturated rings. The van der Waals surface area contributed by atoms with E-state index in [1.165, 1.54) is 51.4 Å². The fourth-order valence-electron chi connectivity index (χ4n) is 3.64. The number of unbranched alkanes of at least 4 members (excludes halogenated alkanes) is 7. The summed E-state index contributed by atoms with van der Waals surface area (Å²) in [5.74, 6) is 0.809. The Labute approximate surface area is 126 Å². The van der Waals surface area contributed by atoms with Gasteiger partial charge in [0.05, 0.1) is 18.3 Å². The molecule has 0 radical (unpaired) electrons. The maximum Gasteiger partial charge on any atom is 0.0607 e. The van der Waals surface area contributed by atoms with Crippen molar-refractivity contribution < 1.29 is 9.84 Å². The van der Waals surface area contributed by atoms with E-state index in [1.54, 1.807) is 0 Å². The first-order chi connectivity index (χ1) is 9.57. The van der Waals surface area contributed by atoms with Crippen molar-refractivity contribution in [2.24, 2.45) is 11.8 Å². The van der Waals surface area contributed by atoms with Gasteiger partial charge in [0.1, 0.15) is 0 Å². The minimum atomic E-state index is -0.176. The summed E-state index contributed by atoms with van der Waals surface area (Å²) in [5.41, 5.74) is 0. The Bertz CT molecular complexity index is 242. The second-order valence-corrected chi connectivity index (χ2v) is 6.81. The lowest BCUT2D eigenvalue weighted by molar-refractivity contribution is 0.0203. The van der Waals surface area contributed by atoms with E-state index in [-0.39, 0.29) is 12.2 Å². The molecule has 2 nitrogen and oxygen atoms in total. The lowest BCUT2D eigenvalue weighted by Gasteiger charge is -2.24. The van der Waals surface area contributed by atoms with E-state index in [4.69, 9.17) is 4.74 Å². The third-order valence-corrected chi connectivity index (χ3v) is 5.12.